The minimum Gasteiger partial charge on any atom is -0.508 e. The van der Waals surface area contributed by atoms with Gasteiger partial charge in [0.05, 0.1) is 4.88 Å². The number of hydrogen-bond acceptors (Lipinski definition) is 10. The Morgan fingerprint density at radius 2 is 1.62 bits per heavy atom. The van der Waals surface area contributed by atoms with Crippen molar-refractivity contribution in [2.75, 3.05) is 45.9 Å². The first-order valence-electron chi connectivity index (χ1n) is 18.0. The lowest BCUT2D eigenvalue weighted by molar-refractivity contribution is -0.137. The molecule has 0 unspecified atom stereocenters. The zero-order valence-corrected chi connectivity index (χ0v) is 32.1. The van der Waals surface area contributed by atoms with Crippen LogP contribution >= 0.6 is 27.3 Å². The Morgan fingerprint density at radius 1 is 0.873 bits per heavy atom. The summed E-state index contributed by atoms with van der Waals surface area (Å²) in [6.45, 7) is 3.91. The Hall–Kier alpha value is -5.44. The minimum atomic E-state index is -0.685. The van der Waals surface area contributed by atoms with Gasteiger partial charge in [-0.1, -0.05) is 28.1 Å². The van der Waals surface area contributed by atoms with Crippen LogP contribution in [0.4, 0.5) is 0 Å². The van der Waals surface area contributed by atoms with Crippen molar-refractivity contribution >= 4 is 61.0 Å². The van der Waals surface area contributed by atoms with Crippen molar-refractivity contribution in [1.29, 1.82) is 0 Å². The number of piperazine rings is 1. The van der Waals surface area contributed by atoms with Crippen LogP contribution < -0.4 is 19.5 Å². The molecule has 55 heavy (non-hydrogen) atoms. The van der Waals surface area contributed by atoms with Crippen molar-refractivity contribution in [3.05, 3.63) is 101 Å². The van der Waals surface area contributed by atoms with Gasteiger partial charge in [0.15, 0.2) is 12.4 Å². The largest absolute Gasteiger partial charge is 0.508 e. The van der Waals surface area contributed by atoms with Gasteiger partial charge in [-0.3, -0.25) is 29.4 Å². The second-order valence-electron chi connectivity index (χ2n) is 13.6. The Bertz CT molecular complexity index is 2270. The Kier molecular flexibility index (Phi) is 10.4. The summed E-state index contributed by atoms with van der Waals surface area (Å²) in [4.78, 5) is 56.4. The average molecular weight is 826 g/mol. The molecule has 14 heteroatoms. The third-order valence-electron chi connectivity index (χ3n) is 10.0. The van der Waals surface area contributed by atoms with Gasteiger partial charge in [-0.15, -0.1) is 11.3 Å². The number of imide groups is 1. The second kappa shape index (κ2) is 15.7. The zero-order chi connectivity index (χ0) is 38.1. The standard InChI is InChI=1S/C41H37BrN4O8S/c42-27-3-1-25(2-4-27)39-38(33-11-5-28(47)22-35(33)55-39)54-30-8-6-29(7-9-30)52-20-19-44-15-17-45(18-16-44)37(49)24-53-31-10-12-32-26(21-31)23-46(41(32)51)34-13-14-36(48)43-40(34)50/h1-12,21-22,34,47H,13-20,23-24H2,(H,43,48,50)/t34-/m0/s1. The Balaban J connectivity index is 0.784. The molecular formula is C41H37BrN4O8S. The van der Waals surface area contributed by atoms with E-state index >= 15 is 0 Å². The maximum atomic E-state index is 13.0. The monoisotopic (exact) mass is 824 g/mol. The molecule has 2 fully saturated rings. The van der Waals surface area contributed by atoms with E-state index in [9.17, 15) is 24.3 Å². The van der Waals surface area contributed by atoms with Gasteiger partial charge in [-0.25, -0.2) is 0 Å². The molecule has 2 saturated heterocycles. The number of nitrogens with one attached hydrogen (secondary N) is 1. The molecule has 0 spiro atoms. The number of halogens is 1. The van der Waals surface area contributed by atoms with Gasteiger partial charge >= 0.3 is 0 Å². The molecule has 2 N–H and O–H groups in total. The van der Waals surface area contributed by atoms with Crippen molar-refractivity contribution in [2.24, 2.45) is 0 Å². The number of amides is 4. The summed E-state index contributed by atoms with van der Waals surface area (Å²) in [6.07, 6.45) is 0.491. The minimum absolute atomic E-state index is 0.113. The smallest absolute Gasteiger partial charge is 0.260 e. The number of phenols is 1. The van der Waals surface area contributed by atoms with E-state index in [1.807, 2.05) is 54.6 Å². The highest BCUT2D eigenvalue weighted by Gasteiger charge is 2.39. The molecule has 1 atom stereocenters. The van der Waals surface area contributed by atoms with Crippen LogP contribution in [0.5, 0.6) is 28.7 Å². The van der Waals surface area contributed by atoms with E-state index in [2.05, 4.69) is 26.1 Å². The topological polar surface area (TPSA) is 138 Å². The number of piperidine rings is 1. The molecule has 3 aliphatic rings. The van der Waals surface area contributed by atoms with Gasteiger partial charge in [-0.05, 0) is 90.3 Å². The van der Waals surface area contributed by atoms with Gasteiger partial charge in [0.1, 0.15) is 35.6 Å². The SMILES string of the molecule is O=C1CC[C@H](N2Cc3cc(OCC(=O)N4CCN(CCOc5ccc(Oc6c(-c7ccc(Br)cc7)sc7cc(O)ccc67)cc5)CC4)ccc3C2=O)C(=O)N1. The number of hydrogen-bond donors (Lipinski definition) is 2. The van der Waals surface area contributed by atoms with Crippen molar-refractivity contribution in [3.8, 4) is 39.2 Å². The summed E-state index contributed by atoms with van der Waals surface area (Å²) < 4.78 is 20.3. The lowest BCUT2D eigenvalue weighted by atomic mass is 10.0. The van der Waals surface area contributed by atoms with E-state index in [4.69, 9.17) is 14.2 Å². The van der Waals surface area contributed by atoms with Gasteiger partial charge in [0, 0.05) is 65.8 Å². The van der Waals surface area contributed by atoms with E-state index in [1.165, 1.54) is 4.90 Å². The van der Waals surface area contributed by atoms with Crippen molar-refractivity contribution in [3.63, 3.8) is 0 Å². The van der Waals surface area contributed by atoms with E-state index < -0.39 is 11.9 Å². The lowest BCUT2D eigenvalue weighted by Gasteiger charge is -2.34. The van der Waals surface area contributed by atoms with Gasteiger partial charge < -0.3 is 29.1 Å². The number of ether oxygens (including phenoxy) is 3. The van der Waals surface area contributed by atoms with Crippen molar-refractivity contribution in [1.82, 2.24) is 20.0 Å². The number of rotatable bonds is 11. The van der Waals surface area contributed by atoms with Crippen LogP contribution in [-0.2, 0) is 20.9 Å². The fourth-order valence-electron chi connectivity index (χ4n) is 7.07. The van der Waals surface area contributed by atoms with Gasteiger partial charge in [0.25, 0.3) is 11.8 Å². The molecule has 3 aliphatic heterocycles. The molecule has 282 valence electrons. The summed E-state index contributed by atoms with van der Waals surface area (Å²) in [7, 11) is 0. The van der Waals surface area contributed by atoms with E-state index in [0.29, 0.717) is 62.8 Å². The molecule has 4 heterocycles. The molecular weight excluding hydrogens is 788 g/mol. The van der Waals surface area contributed by atoms with Crippen LogP contribution in [0.3, 0.4) is 0 Å². The number of aromatic hydroxyl groups is 1. The van der Waals surface area contributed by atoms with Crippen LogP contribution in [0.2, 0.25) is 0 Å². The summed E-state index contributed by atoms with van der Waals surface area (Å²) in [5, 5.41) is 13.3. The molecule has 1 aromatic heterocycles. The molecule has 5 aromatic rings. The van der Waals surface area contributed by atoms with Crippen molar-refractivity contribution in [2.45, 2.75) is 25.4 Å². The van der Waals surface area contributed by atoms with E-state index in [1.54, 1.807) is 46.6 Å². The third-order valence-corrected chi connectivity index (χ3v) is 11.7. The Morgan fingerprint density at radius 3 is 2.38 bits per heavy atom. The van der Waals surface area contributed by atoms with Crippen LogP contribution in [0.1, 0.15) is 28.8 Å². The van der Waals surface area contributed by atoms with Crippen LogP contribution in [0.25, 0.3) is 20.5 Å². The highest BCUT2D eigenvalue weighted by Crippen LogP contribution is 2.47. The molecule has 4 aromatic carbocycles. The zero-order valence-electron chi connectivity index (χ0n) is 29.7. The van der Waals surface area contributed by atoms with Gasteiger partial charge in [-0.2, -0.15) is 0 Å². The first kappa shape index (κ1) is 36.5. The molecule has 8 rings (SSSR count). The molecule has 0 bridgehead atoms. The van der Waals surface area contributed by atoms with Crippen LogP contribution in [0, 0.1) is 0 Å². The first-order valence-corrected chi connectivity index (χ1v) is 19.6. The van der Waals surface area contributed by atoms with Crippen LogP contribution in [-0.4, -0.2) is 95.4 Å². The lowest BCUT2D eigenvalue weighted by Crippen LogP contribution is -2.52. The number of thiophene rings is 1. The highest BCUT2D eigenvalue weighted by molar-refractivity contribution is 9.10. The number of nitrogens with zero attached hydrogens (tertiary/aromatic N) is 3. The van der Waals surface area contributed by atoms with E-state index in [-0.39, 0.29) is 43.0 Å². The van der Waals surface area contributed by atoms with Crippen LogP contribution in [0.15, 0.2) is 89.4 Å². The maximum Gasteiger partial charge on any atom is 0.260 e. The summed E-state index contributed by atoms with van der Waals surface area (Å²) in [5.41, 5.74) is 2.24. The molecule has 0 saturated carbocycles. The molecule has 0 aliphatic carbocycles. The molecule has 0 radical (unpaired) electrons. The number of phenolic OH excluding ortho intramolecular Hbond substituents is 1. The highest BCUT2D eigenvalue weighted by atomic mass is 79.9. The predicted octanol–water partition coefficient (Wildman–Crippen LogP) is 6.19. The third kappa shape index (κ3) is 8.02. The van der Waals surface area contributed by atoms with Gasteiger partial charge in [0.2, 0.25) is 11.8 Å². The second-order valence-corrected chi connectivity index (χ2v) is 15.6. The first-order chi connectivity index (χ1) is 26.7. The number of benzene rings is 4. The summed E-state index contributed by atoms with van der Waals surface area (Å²) in [5.74, 6) is 1.68. The quantitative estimate of drug-likeness (QED) is 0.149. The molecule has 4 amide bonds. The number of fused-ring (bicyclic) bond motifs is 2. The fourth-order valence-corrected chi connectivity index (χ4v) is 8.50. The summed E-state index contributed by atoms with van der Waals surface area (Å²) in [6, 6.07) is 25.3. The predicted molar refractivity (Wildman–Crippen MR) is 210 cm³/mol. The van der Waals surface area contributed by atoms with E-state index in [0.717, 1.165) is 42.1 Å². The number of carbonyl (C=O) groups excluding carboxylic acids is 4. The van der Waals surface area contributed by atoms with Crippen molar-refractivity contribution < 1.29 is 38.5 Å². The normalized spacial score (nSPS) is 17.3. The maximum absolute atomic E-state index is 13.0. The number of carbonyl (C=O) groups is 4. The summed E-state index contributed by atoms with van der Waals surface area (Å²) >= 11 is 5.08. The average Bonchev–Trinajstić information content (AvgIpc) is 3.70. The Labute approximate surface area is 329 Å². The fraction of sp³-hybridized carbons (Fsp3) is 0.268. The molecule has 12 nitrogen and oxygen atoms in total.